The minimum Gasteiger partial charge on any atom is -0.326 e. The molecule has 1 saturated heterocycles. The summed E-state index contributed by atoms with van der Waals surface area (Å²) in [6.45, 7) is 2.99. The summed E-state index contributed by atoms with van der Waals surface area (Å²) < 4.78 is 0. The number of aromatic nitrogens is 1. The number of aryl methyl sites for hydroxylation is 1. The zero-order chi connectivity index (χ0) is 9.97. The van der Waals surface area contributed by atoms with E-state index in [0.717, 1.165) is 24.2 Å². The van der Waals surface area contributed by atoms with Gasteiger partial charge in [0, 0.05) is 17.8 Å². The molecule has 1 fully saturated rings. The van der Waals surface area contributed by atoms with Crippen LogP contribution in [0.25, 0.3) is 0 Å². The lowest BCUT2D eigenvalue weighted by atomic mass is 9.98. The molecular weight excluding hydrogens is 176 g/mol. The maximum absolute atomic E-state index is 11.3. The summed E-state index contributed by atoms with van der Waals surface area (Å²) in [6, 6.07) is 4.14. The van der Waals surface area contributed by atoms with Gasteiger partial charge < -0.3 is 10.3 Å². The molecule has 2 rings (SSSR count). The molecule has 0 radical (unpaired) electrons. The Morgan fingerprint density at radius 2 is 2.21 bits per heavy atom. The third-order valence-corrected chi connectivity index (χ3v) is 2.71. The zero-order valence-electron chi connectivity index (χ0n) is 8.47. The Morgan fingerprint density at radius 3 is 2.86 bits per heavy atom. The molecule has 0 unspecified atom stereocenters. The minimum atomic E-state index is 0.00683. The Kier molecular flexibility index (Phi) is 2.68. The van der Waals surface area contributed by atoms with Gasteiger partial charge in [-0.3, -0.25) is 4.79 Å². The number of hydrogen-bond donors (Lipinski definition) is 2. The van der Waals surface area contributed by atoms with Crippen LogP contribution in [-0.4, -0.2) is 11.5 Å². The fourth-order valence-electron chi connectivity index (χ4n) is 2.05. The van der Waals surface area contributed by atoms with Crippen LogP contribution in [0.1, 0.15) is 36.6 Å². The molecule has 0 amide bonds. The summed E-state index contributed by atoms with van der Waals surface area (Å²) in [7, 11) is 0. The van der Waals surface area contributed by atoms with Gasteiger partial charge in [-0.05, 0) is 37.9 Å². The van der Waals surface area contributed by atoms with E-state index in [1.54, 1.807) is 6.07 Å². The molecule has 3 heteroatoms. The summed E-state index contributed by atoms with van der Waals surface area (Å²) >= 11 is 0. The van der Waals surface area contributed by atoms with Crippen molar-refractivity contribution in [1.82, 2.24) is 10.3 Å². The van der Waals surface area contributed by atoms with Crippen LogP contribution in [0.2, 0.25) is 0 Å². The molecule has 1 atom stereocenters. The van der Waals surface area contributed by atoms with Crippen LogP contribution >= 0.6 is 0 Å². The lowest BCUT2D eigenvalue weighted by Gasteiger charge is -2.23. The smallest absolute Gasteiger partial charge is 0.248 e. The van der Waals surface area contributed by atoms with E-state index in [9.17, 15) is 4.79 Å². The van der Waals surface area contributed by atoms with E-state index in [0.29, 0.717) is 6.04 Å². The topological polar surface area (TPSA) is 44.9 Å². The fourth-order valence-corrected chi connectivity index (χ4v) is 2.05. The quantitative estimate of drug-likeness (QED) is 0.708. The van der Waals surface area contributed by atoms with E-state index in [1.807, 2.05) is 6.92 Å². The van der Waals surface area contributed by atoms with Crippen molar-refractivity contribution in [3.63, 3.8) is 0 Å². The Balaban J connectivity index is 2.26. The van der Waals surface area contributed by atoms with Crippen LogP contribution in [-0.2, 0) is 0 Å². The highest BCUT2D eigenvalue weighted by molar-refractivity contribution is 5.19. The maximum atomic E-state index is 11.3. The largest absolute Gasteiger partial charge is 0.326 e. The first-order valence-electron chi connectivity index (χ1n) is 5.20. The molecule has 0 aliphatic carbocycles. The van der Waals surface area contributed by atoms with Gasteiger partial charge in [0.15, 0.2) is 0 Å². The molecule has 3 nitrogen and oxygen atoms in total. The van der Waals surface area contributed by atoms with Gasteiger partial charge in [0.1, 0.15) is 0 Å². The third kappa shape index (κ3) is 2.04. The first-order valence-corrected chi connectivity index (χ1v) is 5.20. The third-order valence-electron chi connectivity index (χ3n) is 2.71. The Bertz CT molecular complexity index is 364. The van der Waals surface area contributed by atoms with Crippen molar-refractivity contribution in [3.05, 3.63) is 33.7 Å². The van der Waals surface area contributed by atoms with Crippen molar-refractivity contribution < 1.29 is 0 Å². The lowest BCUT2D eigenvalue weighted by Crippen LogP contribution is -2.27. The van der Waals surface area contributed by atoms with Crippen LogP contribution in [0.15, 0.2) is 16.9 Å². The molecule has 0 spiro atoms. The molecule has 1 aromatic heterocycles. The van der Waals surface area contributed by atoms with Gasteiger partial charge >= 0.3 is 0 Å². The van der Waals surface area contributed by atoms with Crippen molar-refractivity contribution in [3.8, 4) is 0 Å². The van der Waals surface area contributed by atoms with E-state index < -0.39 is 0 Å². The first-order chi connectivity index (χ1) is 6.75. The monoisotopic (exact) mass is 192 g/mol. The highest BCUT2D eigenvalue weighted by Gasteiger charge is 2.14. The van der Waals surface area contributed by atoms with Crippen LogP contribution in [0, 0.1) is 6.92 Å². The summed E-state index contributed by atoms with van der Waals surface area (Å²) in [5, 5.41) is 3.44. The number of nitrogens with one attached hydrogen (secondary N) is 2. The van der Waals surface area contributed by atoms with Crippen LogP contribution in [0.3, 0.4) is 0 Å². The van der Waals surface area contributed by atoms with Crippen LogP contribution in [0.4, 0.5) is 0 Å². The van der Waals surface area contributed by atoms with E-state index in [2.05, 4.69) is 16.4 Å². The van der Waals surface area contributed by atoms with Gasteiger partial charge in [-0.1, -0.05) is 6.42 Å². The number of aromatic amines is 1. The molecular formula is C11H16N2O. The van der Waals surface area contributed by atoms with E-state index in [-0.39, 0.29) is 5.56 Å². The average Bonchev–Trinajstić information content (AvgIpc) is 2.18. The molecule has 76 valence electrons. The van der Waals surface area contributed by atoms with Gasteiger partial charge in [0.25, 0.3) is 0 Å². The molecule has 1 aromatic rings. The van der Waals surface area contributed by atoms with Crippen LogP contribution in [0.5, 0.6) is 0 Å². The molecule has 1 aliphatic rings. The number of rotatable bonds is 1. The van der Waals surface area contributed by atoms with E-state index in [4.69, 9.17) is 0 Å². The van der Waals surface area contributed by atoms with Crippen molar-refractivity contribution in [2.24, 2.45) is 0 Å². The molecule has 1 aliphatic heterocycles. The van der Waals surface area contributed by atoms with Crippen molar-refractivity contribution >= 4 is 0 Å². The molecule has 14 heavy (non-hydrogen) atoms. The molecule has 2 heterocycles. The SMILES string of the molecule is Cc1cc([C@H]2CCCCN2)cc(=O)[nH]1. The number of piperidine rings is 1. The van der Waals surface area contributed by atoms with Gasteiger partial charge in [-0.25, -0.2) is 0 Å². The number of H-pyrrole nitrogens is 1. The molecule has 2 N–H and O–H groups in total. The van der Waals surface area contributed by atoms with Crippen molar-refractivity contribution in [2.75, 3.05) is 6.54 Å². The predicted molar refractivity (Wildman–Crippen MR) is 56.4 cm³/mol. The second kappa shape index (κ2) is 3.96. The average molecular weight is 192 g/mol. The molecule has 0 saturated carbocycles. The van der Waals surface area contributed by atoms with Gasteiger partial charge in [-0.2, -0.15) is 0 Å². The summed E-state index contributed by atoms with van der Waals surface area (Å²) in [5.41, 5.74) is 2.08. The second-order valence-electron chi connectivity index (χ2n) is 3.96. The lowest BCUT2D eigenvalue weighted by molar-refractivity contribution is 0.411. The summed E-state index contributed by atoms with van der Waals surface area (Å²) in [4.78, 5) is 14.0. The van der Waals surface area contributed by atoms with Crippen molar-refractivity contribution in [1.29, 1.82) is 0 Å². The Morgan fingerprint density at radius 1 is 1.36 bits per heavy atom. The first kappa shape index (κ1) is 9.46. The van der Waals surface area contributed by atoms with E-state index in [1.165, 1.54) is 12.8 Å². The summed E-state index contributed by atoms with van der Waals surface area (Å²) in [5.74, 6) is 0. The summed E-state index contributed by atoms with van der Waals surface area (Å²) in [6.07, 6.45) is 3.64. The highest BCUT2D eigenvalue weighted by atomic mass is 16.1. The second-order valence-corrected chi connectivity index (χ2v) is 3.96. The highest BCUT2D eigenvalue weighted by Crippen LogP contribution is 2.21. The molecule has 0 aromatic carbocycles. The van der Waals surface area contributed by atoms with Gasteiger partial charge in [0.2, 0.25) is 5.56 Å². The predicted octanol–water partition coefficient (Wildman–Crippen LogP) is 1.50. The maximum Gasteiger partial charge on any atom is 0.248 e. The number of pyridine rings is 1. The van der Waals surface area contributed by atoms with Crippen LogP contribution < -0.4 is 10.9 Å². The van der Waals surface area contributed by atoms with Gasteiger partial charge in [-0.15, -0.1) is 0 Å². The Hall–Kier alpha value is -1.09. The molecule has 0 bridgehead atoms. The number of hydrogen-bond acceptors (Lipinski definition) is 2. The van der Waals surface area contributed by atoms with Gasteiger partial charge in [0.05, 0.1) is 0 Å². The normalized spacial score (nSPS) is 22.2. The van der Waals surface area contributed by atoms with E-state index >= 15 is 0 Å². The minimum absolute atomic E-state index is 0.00683. The van der Waals surface area contributed by atoms with Crippen molar-refractivity contribution in [2.45, 2.75) is 32.2 Å². The zero-order valence-corrected chi connectivity index (χ0v) is 8.47. The standard InChI is InChI=1S/C11H16N2O/c1-8-6-9(7-11(14)13-8)10-4-2-3-5-12-10/h6-7,10,12H,2-5H2,1H3,(H,13,14)/t10-/m1/s1. The Labute approximate surface area is 83.5 Å². The fraction of sp³-hybridized carbons (Fsp3) is 0.545.